The van der Waals surface area contributed by atoms with Crippen molar-refractivity contribution in [2.24, 2.45) is 0 Å². The molecular weight excluding hydrogens is 346 g/mol. The van der Waals surface area contributed by atoms with Gasteiger partial charge in [-0.1, -0.05) is 26.7 Å². The first-order valence-electron chi connectivity index (χ1n) is 8.88. The fraction of sp³-hybridized carbons (Fsp3) is 0.611. The lowest BCUT2D eigenvalue weighted by atomic mass is 10.2. The highest BCUT2D eigenvalue weighted by Crippen LogP contribution is 2.37. The summed E-state index contributed by atoms with van der Waals surface area (Å²) in [6, 6.07) is 0. The second-order valence-corrected chi connectivity index (χ2v) is 12.6. The molecule has 0 aromatic carbocycles. The van der Waals surface area contributed by atoms with Crippen molar-refractivity contribution in [1.82, 2.24) is 19.5 Å². The minimum Gasteiger partial charge on any atom is -0.399 e. The van der Waals surface area contributed by atoms with E-state index in [1.165, 1.54) is 6.33 Å². The Morgan fingerprint density at radius 2 is 2.00 bits per heavy atom. The van der Waals surface area contributed by atoms with E-state index in [0.717, 1.165) is 12.8 Å². The van der Waals surface area contributed by atoms with E-state index in [1.807, 2.05) is 4.57 Å². The molecule has 0 fully saturated rings. The van der Waals surface area contributed by atoms with Crippen molar-refractivity contribution >= 4 is 25.3 Å². The highest BCUT2D eigenvalue weighted by atomic mass is 28.4. The van der Waals surface area contributed by atoms with Gasteiger partial charge in [-0.3, -0.25) is 4.57 Å². The molecule has 8 heteroatoms. The molecule has 0 aliphatic carbocycles. The van der Waals surface area contributed by atoms with Crippen LogP contribution in [-0.2, 0) is 11.2 Å². The molecule has 2 aromatic heterocycles. The number of nitrogens with two attached hydrogens (primary N) is 1. The standard InChI is InChI=1S/C18H29N5O2Si/c1-18(2,3)26(4,5)25-13-23-14(10-8-6-7-9-11-24)22-15-16(19)20-12-21-17(15)23/h12,24H,6-7,9,11,13H2,1-5H3,(H2,19,20,21). The molecule has 2 aromatic rings. The molecule has 0 aliphatic rings. The molecule has 0 aliphatic heterocycles. The summed E-state index contributed by atoms with van der Waals surface area (Å²) >= 11 is 0. The van der Waals surface area contributed by atoms with E-state index in [0.29, 0.717) is 36.0 Å². The van der Waals surface area contributed by atoms with Gasteiger partial charge in [0, 0.05) is 13.0 Å². The maximum atomic E-state index is 8.86. The van der Waals surface area contributed by atoms with Gasteiger partial charge in [-0.15, -0.1) is 0 Å². The average molecular weight is 376 g/mol. The van der Waals surface area contributed by atoms with Gasteiger partial charge in [-0.2, -0.15) is 0 Å². The number of aromatic nitrogens is 4. The fourth-order valence-corrected chi connectivity index (χ4v) is 2.97. The number of imidazole rings is 1. The van der Waals surface area contributed by atoms with E-state index in [2.05, 4.69) is 60.7 Å². The van der Waals surface area contributed by atoms with Crippen molar-refractivity contribution in [1.29, 1.82) is 0 Å². The summed E-state index contributed by atoms with van der Waals surface area (Å²) < 4.78 is 8.20. The van der Waals surface area contributed by atoms with E-state index in [1.54, 1.807) is 0 Å². The van der Waals surface area contributed by atoms with Crippen LogP contribution in [0.4, 0.5) is 5.82 Å². The van der Waals surface area contributed by atoms with Crippen LogP contribution in [0.3, 0.4) is 0 Å². The minimum absolute atomic E-state index is 0.105. The van der Waals surface area contributed by atoms with Crippen LogP contribution in [-0.4, -0.2) is 39.5 Å². The molecule has 0 atom stereocenters. The van der Waals surface area contributed by atoms with Crippen LogP contribution in [0.1, 0.15) is 45.9 Å². The largest absolute Gasteiger partial charge is 0.399 e. The molecule has 0 bridgehead atoms. The number of aliphatic hydroxyl groups is 1. The average Bonchev–Trinajstić information content (AvgIpc) is 2.91. The molecule has 0 radical (unpaired) electrons. The van der Waals surface area contributed by atoms with Crippen molar-refractivity contribution in [2.45, 2.75) is 64.9 Å². The Bertz CT molecular complexity index is 815. The van der Waals surface area contributed by atoms with Gasteiger partial charge < -0.3 is 15.3 Å². The highest BCUT2D eigenvalue weighted by molar-refractivity contribution is 6.74. The van der Waals surface area contributed by atoms with Gasteiger partial charge in [0.05, 0.1) is 0 Å². The van der Waals surface area contributed by atoms with Crippen LogP contribution in [0.15, 0.2) is 6.33 Å². The molecule has 2 rings (SSSR count). The second-order valence-electron chi connectivity index (χ2n) is 7.81. The molecule has 2 heterocycles. The van der Waals surface area contributed by atoms with Crippen LogP contribution >= 0.6 is 0 Å². The Labute approximate surface area is 156 Å². The summed E-state index contributed by atoms with van der Waals surface area (Å²) in [5, 5.41) is 8.96. The number of aliphatic hydroxyl groups excluding tert-OH is 1. The van der Waals surface area contributed by atoms with E-state index < -0.39 is 8.32 Å². The molecule has 0 unspecified atom stereocenters. The zero-order valence-electron chi connectivity index (χ0n) is 16.3. The molecule has 142 valence electrons. The second kappa shape index (κ2) is 8.16. The Morgan fingerprint density at radius 3 is 2.65 bits per heavy atom. The number of nitrogens with zero attached hydrogens (tertiary/aromatic N) is 4. The SMILES string of the molecule is CC(C)(C)[Si](C)(C)OCn1c(C#CCCCCO)nc2c(N)ncnc21. The fourth-order valence-electron chi connectivity index (χ4n) is 2.08. The molecule has 0 amide bonds. The quantitative estimate of drug-likeness (QED) is 0.457. The van der Waals surface area contributed by atoms with Crippen LogP contribution in [0, 0.1) is 11.8 Å². The highest BCUT2D eigenvalue weighted by Gasteiger charge is 2.37. The number of fused-ring (bicyclic) bond motifs is 1. The third-order valence-corrected chi connectivity index (χ3v) is 9.29. The first-order valence-corrected chi connectivity index (χ1v) is 11.8. The van der Waals surface area contributed by atoms with Gasteiger partial charge in [-0.25, -0.2) is 15.0 Å². The lowest BCUT2D eigenvalue weighted by Crippen LogP contribution is -2.41. The normalized spacial score (nSPS) is 12.2. The van der Waals surface area contributed by atoms with E-state index >= 15 is 0 Å². The molecule has 0 saturated carbocycles. The third kappa shape index (κ3) is 4.61. The number of unbranched alkanes of at least 4 members (excludes halogenated alkanes) is 2. The van der Waals surface area contributed by atoms with Crippen molar-refractivity contribution in [3.05, 3.63) is 12.2 Å². The van der Waals surface area contributed by atoms with Crippen LogP contribution in [0.2, 0.25) is 18.1 Å². The number of rotatable bonds is 6. The van der Waals surface area contributed by atoms with Gasteiger partial charge in [0.1, 0.15) is 13.1 Å². The van der Waals surface area contributed by atoms with Gasteiger partial charge in [-0.05, 0) is 36.9 Å². The topological polar surface area (TPSA) is 99.1 Å². The summed E-state index contributed by atoms with van der Waals surface area (Å²) in [7, 11) is -1.93. The zero-order chi connectivity index (χ0) is 19.4. The van der Waals surface area contributed by atoms with E-state index in [4.69, 9.17) is 15.3 Å². The summed E-state index contributed by atoms with van der Waals surface area (Å²) in [6.07, 6.45) is 3.73. The molecule has 26 heavy (non-hydrogen) atoms. The predicted octanol–water partition coefficient (Wildman–Crippen LogP) is 2.90. The molecule has 3 N–H and O–H groups in total. The number of hydrogen-bond acceptors (Lipinski definition) is 6. The summed E-state index contributed by atoms with van der Waals surface area (Å²) in [5.41, 5.74) is 7.13. The lowest BCUT2D eigenvalue weighted by Gasteiger charge is -2.36. The van der Waals surface area contributed by atoms with Crippen LogP contribution < -0.4 is 5.73 Å². The predicted molar refractivity (Wildman–Crippen MR) is 106 cm³/mol. The number of anilines is 1. The minimum atomic E-state index is -1.93. The van der Waals surface area contributed by atoms with E-state index in [-0.39, 0.29) is 11.6 Å². The van der Waals surface area contributed by atoms with Crippen LogP contribution in [0.5, 0.6) is 0 Å². The Hall–Kier alpha value is -1.95. The van der Waals surface area contributed by atoms with Crippen molar-refractivity contribution in [3.63, 3.8) is 0 Å². The molecular formula is C18H29N5O2Si. The summed E-state index contributed by atoms with van der Waals surface area (Å²) in [6.45, 7) is 11.5. The maximum absolute atomic E-state index is 8.86. The van der Waals surface area contributed by atoms with E-state index in [9.17, 15) is 0 Å². The number of hydrogen-bond donors (Lipinski definition) is 2. The zero-order valence-corrected chi connectivity index (χ0v) is 17.3. The van der Waals surface area contributed by atoms with Crippen molar-refractivity contribution < 1.29 is 9.53 Å². The van der Waals surface area contributed by atoms with Gasteiger partial charge in [0.25, 0.3) is 0 Å². The van der Waals surface area contributed by atoms with Crippen LogP contribution in [0.25, 0.3) is 11.2 Å². The maximum Gasteiger partial charge on any atom is 0.194 e. The molecule has 7 nitrogen and oxygen atoms in total. The molecule has 0 spiro atoms. The lowest BCUT2D eigenvalue weighted by molar-refractivity contribution is 0.215. The Morgan fingerprint density at radius 1 is 1.27 bits per heavy atom. The molecule has 0 saturated heterocycles. The van der Waals surface area contributed by atoms with Crippen molar-refractivity contribution in [3.8, 4) is 11.8 Å². The monoisotopic (exact) mass is 375 g/mol. The van der Waals surface area contributed by atoms with Crippen molar-refractivity contribution in [2.75, 3.05) is 12.3 Å². The number of nitrogen functional groups attached to an aromatic ring is 1. The Kier molecular flexibility index (Phi) is 6.39. The summed E-state index contributed by atoms with van der Waals surface area (Å²) in [5.74, 6) is 7.12. The smallest absolute Gasteiger partial charge is 0.194 e. The van der Waals surface area contributed by atoms with Gasteiger partial charge >= 0.3 is 0 Å². The Balaban J connectivity index is 2.33. The van der Waals surface area contributed by atoms with Gasteiger partial charge in [0.15, 0.2) is 31.1 Å². The summed E-state index contributed by atoms with van der Waals surface area (Å²) in [4.78, 5) is 12.9. The first kappa shape index (κ1) is 20.4. The van der Waals surface area contributed by atoms with Gasteiger partial charge in [0.2, 0.25) is 0 Å². The third-order valence-electron chi connectivity index (χ3n) is 4.83. The first-order chi connectivity index (χ1) is 12.2.